The molecule has 1 aliphatic heterocycles. The van der Waals surface area contributed by atoms with E-state index >= 15 is 0 Å². The maximum absolute atomic E-state index is 12.7. The van der Waals surface area contributed by atoms with Crippen LogP contribution >= 0.6 is 11.3 Å². The van der Waals surface area contributed by atoms with E-state index < -0.39 is 69.8 Å². The van der Waals surface area contributed by atoms with Crippen molar-refractivity contribution in [1.29, 1.82) is 0 Å². The Kier molecular flexibility index (Phi) is 4.14. The summed E-state index contributed by atoms with van der Waals surface area (Å²) < 4.78 is 120. The lowest BCUT2D eigenvalue weighted by Gasteiger charge is -2.26. The highest BCUT2D eigenvalue weighted by Gasteiger charge is 2.20. The zero-order valence-corrected chi connectivity index (χ0v) is 21.6. The Morgan fingerprint density at radius 3 is 2.77 bits per heavy atom. The highest BCUT2D eigenvalue weighted by molar-refractivity contribution is 7.23. The minimum Gasteiger partial charge on any atom is -0.492 e. The summed E-state index contributed by atoms with van der Waals surface area (Å²) in [6, 6.07) is 12.1. The molecule has 0 bridgehead atoms. The second-order valence-corrected chi connectivity index (χ2v) is 9.79. The lowest BCUT2D eigenvalue weighted by Crippen LogP contribution is -2.38. The molecule has 0 spiro atoms. The molecule has 208 valence electrons. The van der Waals surface area contributed by atoms with Crippen molar-refractivity contribution in [3.05, 3.63) is 60.5 Å². The van der Waals surface area contributed by atoms with Crippen LogP contribution in [-0.2, 0) is 10.2 Å². The maximum atomic E-state index is 12.7. The normalized spacial score (nSPS) is 27.6. The van der Waals surface area contributed by atoms with Gasteiger partial charge in [0.1, 0.15) is 18.1 Å². The summed E-state index contributed by atoms with van der Waals surface area (Å²) in [5.74, 6) is -0.767. The van der Waals surface area contributed by atoms with E-state index in [9.17, 15) is 4.79 Å². The number of hydrogen-bond acceptors (Lipinski definition) is 8. The first kappa shape index (κ1) is 15.2. The molecule has 4 atom stereocenters. The number of rotatable bonds is 7. The first-order valence-corrected chi connectivity index (χ1v) is 12.8. The predicted molar refractivity (Wildman–Crippen MR) is 157 cm³/mol. The first-order chi connectivity index (χ1) is 24.7. The zero-order valence-electron chi connectivity index (χ0n) is 33.7. The van der Waals surface area contributed by atoms with Crippen LogP contribution in [0.4, 0.5) is 16.3 Å². The second kappa shape index (κ2) is 10.9. The lowest BCUT2D eigenvalue weighted by molar-refractivity contribution is 0.0322. The van der Waals surface area contributed by atoms with Gasteiger partial charge in [0, 0.05) is 63.6 Å². The summed E-state index contributed by atoms with van der Waals surface area (Å²) in [5.41, 5.74) is -0.767. The Balaban J connectivity index is 1.09. The van der Waals surface area contributed by atoms with Crippen molar-refractivity contribution in [3.8, 4) is 17.0 Å². The molecule has 2 N–H and O–H groups in total. The smallest absolute Gasteiger partial charge is 0.324 e. The minimum absolute atomic E-state index is 0.156. The van der Waals surface area contributed by atoms with Gasteiger partial charge in [-0.3, -0.25) is 14.6 Å². The van der Waals surface area contributed by atoms with Crippen molar-refractivity contribution in [2.24, 2.45) is 0 Å². The van der Waals surface area contributed by atoms with Crippen molar-refractivity contribution in [2.75, 3.05) is 50.0 Å². The third-order valence-electron chi connectivity index (χ3n) is 5.91. The van der Waals surface area contributed by atoms with Gasteiger partial charge in [-0.05, 0) is 30.3 Å². The van der Waals surface area contributed by atoms with Gasteiger partial charge in [-0.25, -0.2) is 9.78 Å². The van der Waals surface area contributed by atoms with E-state index in [1.165, 1.54) is 16.2 Å². The van der Waals surface area contributed by atoms with Gasteiger partial charge in [-0.15, -0.1) is 0 Å². The van der Waals surface area contributed by atoms with Crippen LogP contribution in [0, 0.1) is 0 Å². The topological polar surface area (TPSA) is 106 Å². The SMILES string of the molecule is [2H]C1OC([2H])C([2H])N(CCOc2ccc3c(c2)sc2nc(-c4ccc(NC(=O)Nc5cc(C(C([2H])([2H])[2H])(C([2H])([2H])[2H])C([2H])([2H])[2H])on5)cc4)cn23)C1[2H]. The number of anilines is 2. The number of carbonyl (C=O) groups excluding carboxylic acids is 1. The van der Waals surface area contributed by atoms with Crippen molar-refractivity contribution in [2.45, 2.75) is 26.0 Å². The molecular weight excluding hydrogens is 528 g/mol. The van der Waals surface area contributed by atoms with Crippen LogP contribution in [-0.4, -0.2) is 64.8 Å². The number of fused-ring (bicyclic) bond motifs is 3. The Bertz CT molecular complexity index is 2050. The van der Waals surface area contributed by atoms with Crippen LogP contribution in [0.2, 0.25) is 0 Å². The van der Waals surface area contributed by atoms with Crippen molar-refractivity contribution >= 4 is 44.1 Å². The molecule has 1 saturated heterocycles. The second-order valence-electron chi connectivity index (χ2n) is 8.79. The van der Waals surface area contributed by atoms with E-state index in [2.05, 4.69) is 15.8 Å². The van der Waals surface area contributed by atoms with Crippen molar-refractivity contribution in [1.82, 2.24) is 19.4 Å². The van der Waals surface area contributed by atoms with E-state index in [4.69, 9.17) is 36.8 Å². The first-order valence-electron chi connectivity index (χ1n) is 18.8. The largest absolute Gasteiger partial charge is 0.492 e. The summed E-state index contributed by atoms with van der Waals surface area (Å²) in [4.78, 5) is 19.5. The quantitative estimate of drug-likeness (QED) is 0.251. The molecule has 2 amide bonds. The standard InChI is InChI=1S/C29H32N6O4S/c1-29(2,3)25-17-26(33-39-25)32-27(36)30-20-6-4-19(5-7-20)22-18-35-23-9-8-21(16-24(23)40-28(35)31-22)38-15-12-34-10-13-37-14-11-34/h4-9,16-18H,10-15H2,1-3H3,(H2,30,32,33,36)/i1D3,2D3,3D3,10D,11D,13D,14D. The number of aromatic nitrogens is 3. The van der Waals surface area contributed by atoms with Gasteiger partial charge in [0.2, 0.25) is 0 Å². The molecule has 1 aliphatic rings. The van der Waals surface area contributed by atoms with Crippen LogP contribution in [0.1, 0.15) is 44.1 Å². The van der Waals surface area contributed by atoms with Crippen LogP contribution in [0.3, 0.4) is 0 Å². The van der Waals surface area contributed by atoms with Crippen LogP contribution < -0.4 is 15.4 Å². The van der Waals surface area contributed by atoms with Gasteiger partial charge < -0.3 is 19.3 Å². The van der Waals surface area contributed by atoms with E-state index in [-0.39, 0.29) is 13.2 Å². The number of nitrogens with one attached hydrogen (secondary N) is 2. The molecule has 5 aromatic rings. The molecule has 6 rings (SSSR count). The number of morpholine rings is 1. The molecule has 3 aromatic heterocycles. The van der Waals surface area contributed by atoms with Gasteiger partial charge in [0.05, 0.1) is 31.8 Å². The van der Waals surface area contributed by atoms with E-state index in [0.717, 1.165) is 21.8 Å². The van der Waals surface area contributed by atoms with Crippen LogP contribution in [0.5, 0.6) is 5.75 Å². The number of urea groups is 1. The van der Waals surface area contributed by atoms with Gasteiger partial charge >= 0.3 is 6.03 Å². The number of benzene rings is 2. The van der Waals surface area contributed by atoms with Gasteiger partial charge in [0.15, 0.2) is 10.8 Å². The average Bonchev–Trinajstić information content (AvgIpc) is 3.75. The molecule has 0 radical (unpaired) electrons. The van der Waals surface area contributed by atoms with Crippen LogP contribution in [0.15, 0.2) is 59.3 Å². The zero-order chi connectivity index (χ0) is 38.7. The number of thiazole rings is 1. The lowest BCUT2D eigenvalue weighted by atomic mass is 9.93. The fraction of sp³-hybridized carbons (Fsp3) is 0.345. The average molecular weight is 574 g/mol. The molecule has 11 heteroatoms. The number of imidazole rings is 1. The molecule has 10 nitrogen and oxygen atoms in total. The third kappa shape index (κ3) is 5.81. The monoisotopic (exact) mass is 573 g/mol. The van der Waals surface area contributed by atoms with Crippen molar-refractivity contribution < 1.29 is 36.6 Å². The van der Waals surface area contributed by atoms with Gasteiger partial charge in [0.25, 0.3) is 0 Å². The number of nitrogens with zero attached hydrogens (tertiary/aromatic N) is 4. The van der Waals surface area contributed by atoms with E-state index in [1.807, 2.05) is 22.7 Å². The number of ether oxygens (including phenoxy) is 2. The summed E-state index contributed by atoms with van der Waals surface area (Å²) in [5, 5.41) is 8.34. The highest BCUT2D eigenvalue weighted by atomic mass is 32.1. The Labute approximate surface area is 254 Å². The van der Waals surface area contributed by atoms with Crippen LogP contribution in [0.25, 0.3) is 26.4 Å². The van der Waals surface area contributed by atoms with Gasteiger partial charge in [-0.1, -0.05) is 49.2 Å². The fourth-order valence-corrected chi connectivity index (χ4v) is 5.00. The molecule has 4 unspecified atom stereocenters. The Morgan fingerprint density at radius 1 is 1.15 bits per heavy atom. The number of hydrogen-bond donors (Lipinski definition) is 2. The predicted octanol–water partition coefficient (Wildman–Crippen LogP) is 5.86. The molecule has 40 heavy (non-hydrogen) atoms. The van der Waals surface area contributed by atoms with Gasteiger partial charge in [-0.2, -0.15) is 0 Å². The summed E-state index contributed by atoms with van der Waals surface area (Å²) in [7, 11) is 0. The molecule has 0 saturated carbocycles. The summed E-state index contributed by atoms with van der Waals surface area (Å²) in [6.07, 6.45) is 1.86. The highest BCUT2D eigenvalue weighted by Crippen LogP contribution is 2.32. The Morgan fingerprint density at radius 2 is 1.98 bits per heavy atom. The summed E-state index contributed by atoms with van der Waals surface area (Å²) >= 11 is 1.44. The number of carbonyl (C=O) groups is 1. The molecule has 4 heterocycles. The summed E-state index contributed by atoms with van der Waals surface area (Å²) in [6.45, 7) is -14.9. The number of amides is 2. The third-order valence-corrected chi connectivity index (χ3v) is 6.92. The molecular formula is C29H32N6O4S. The van der Waals surface area contributed by atoms with E-state index in [1.54, 1.807) is 30.3 Å². The Hall–Kier alpha value is -3.93. The molecule has 2 aromatic carbocycles. The maximum Gasteiger partial charge on any atom is 0.324 e. The molecule has 0 aliphatic carbocycles. The minimum atomic E-state index is -3.55. The van der Waals surface area contributed by atoms with E-state index in [0.29, 0.717) is 22.1 Å². The van der Waals surface area contributed by atoms with Crippen molar-refractivity contribution in [3.63, 3.8) is 0 Å². The molecule has 1 fully saturated rings. The fourth-order valence-electron chi connectivity index (χ4n) is 3.96.